The number of pyridine rings is 2. The van der Waals surface area contributed by atoms with E-state index in [2.05, 4.69) is 18.7 Å². The van der Waals surface area contributed by atoms with Gasteiger partial charge in [0.2, 0.25) is 12.4 Å². The highest BCUT2D eigenvalue weighted by molar-refractivity contribution is 7.93. The molecule has 0 saturated heterocycles. The van der Waals surface area contributed by atoms with E-state index in [1.807, 2.05) is 38.1 Å². The fraction of sp³-hybridized carbons (Fsp3) is 0.429. The van der Waals surface area contributed by atoms with E-state index in [1.54, 1.807) is 31.7 Å². The molecule has 170 valence electrons. The van der Waals surface area contributed by atoms with Gasteiger partial charge in [0, 0.05) is 36.3 Å². The zero-order valence-corrected chi connectivity index (χ0v) is 18.7. The first-order valence-corrected chi connectivity index (χ1v) is 12.6. The number of nitrogens with zero attached hydrogens (tertiary/aromatic N) is 6. The van der Waals surface area contributed by atoms with Crippen molar-refractivity contribution in [2.24, 2.45) is 8.73 Å². The number of aromatic nitrogens is 2. The summed E-state index contributed by atoms with van der Waals surface area (Å²) < 4.78 is 30.4. The molecule has 8 nitrogen and oxygen atoms in total. The van der Waals surface area contributed by atoms with Crippen molar-refractivity contribution in [2.45, 2.75) is 46.6 Å². The van der Waals surface area contributed by atoms with Crippen molar-refractivity contribution in [3.63, 3.8) is 0 Å². The second kappa shape index (κ2) is 13.5. The first kappa shape index (κ1) is 30.4. The molecule has 0 amide bonds. The van der Waals surface area contributed by atoms with Crippen LogP contribution in [0.5, 0.6) is 0 Å². The minimum absolute atomic E-state index is 0. The maximum atomic E-state index is 12.0. The average Bonchev–Trinajstić information content (AvgIpc) is 2.64. The molecule has 2 aromatic rings. The van der Waals surface area contributed by atoms with E-state index in [0.717, 1.165) is 22.5 Å². The molecule has 0 bridgehead atoms. The van der Waals surface area contributed by atoms with Crippen molar-refractivity contribution < 1.29 is 8.42 Å². The molecular formula is C21H32N6O2S2. The lowest BCUT2D eigenvalue weighted by molar-refractivity contribution is 0.673. The molecular weight excluding hydrogens is 432 g/mol. The summed E-state index contributed by atoms with van der Waals surface area (Å²) in [6.07, 6.45) is 9.46. The molecule has 2 rings (SSSR count). The largest absolute Gasteiger partial charge is 0.261 e. The number of rotatable bonds is 4. The Kier molecular flexibility index (Phi) is 13.2. The van der Waals surface area contributed by atoms with Crippen molar-refractivity contribution in [1.82, 2.24) is 9.97 Å². The van der Waals surface area contributed by atoms with Crippen LogP contribution < -0.4 is 0 Å². The Labute approximate surface area is 187 Å². The Morgan fingerprint density at radius 1 is 0.935 bits per heavy atom. The maximum Gasteiger partial charge on any atom is 0.214 e. The molecule has 0 aliphatic carbocycles. The molecule has 31 heavy (non-hydrogen) atoms. The van der Waals surface area contributed by atoms with Gasteiger partial charge >= 0.3 is 0 Å². The third-order valence-electron chi connectivity index (χ3n) is 3.92. The van der Waals surface area contributed by atoms with E-state index < -0.39 is 19.5 Å². The summed E-state index contributed by atoms with van der Waals surface area (Å²) in [5, 5.41) is 16.5. The Morgan fingerprint density at radius 3 is 1.87 bits per heavy atom. The molecule has 0 aromatic carbocycles. The zero-order valence-electron chi connectivity index (χ0n) is 17.1. The lowest BCUT2D eigenvalue weighted by Crippen LogP contribution is -2.07. The number of hydrogen-bond donors (Lipinski definition) is 0. The van der Waals surface area contributed by atoms with Crippen molar-refractivity contribution in [1.29, 1.82) is 10.5 Å². The summed E-state index contributed by atoms with van der Waals surface area (Å²) in [7, 11) is -4.93. The summed E-state index contributed by atoms with van der Waals surface area (Å²) in [4.78, 5) is 8.20. The van der Waals surface area contributed by atoms with Gasteiger partial charge < -0.3 is 0 Å². The second-order valence-corrected chi connectivity index (χ2v) is 11.5. The molecule has 3 atom stereocenters. The van der Waals surface area contributed by atoms with Crippen LogP contribution in [0.1, 0.15) is 49.5 Å². The Morgan fingerprint density at radius 2 is 1.45 bits per heavy atom. The Bertz CT molecular complexity index is 1140. The second-order valence-electron chi connectivity index (χ2n) is 6.53. The summed E-state index contributed by atoms with van der Waals surface area (Å²) in [5.41, 5.74) is 3.49. The van der Waals surface area contributed by atoms with Crippen LogP contribution in [-0.2, 0) is 25.2 Å². The highest BCUT2D eigenvalue weighted by Crippen LogP contribution is 2.21. The third kappa shape index (κ3) is 10.7. The molecule has 2 aromatic heterocycles. The van der Waals surface area contributed by atoms with Crippen LogP contribution in [0.25, 0.3) is 0 Å². The highest BCUT2D eigenvalue weighted by Gasteiger charge is 2.16. The van der Waals surface area contributed by atoms with Crippen LogP contribution in [0, 0.1) is 36.8 Å². The molecule has 3 unspecified atom stereocenters. The number of nitriles is 2. The molecule has 0 aliphatic heterocycles. The van der Waals surface area contributed by atoms with Crippen molar-refractivity contribution >= 4 is 19.5 Å². The molecule has 0 aliphatic rings. The molecule has 2 heterocycles. The molecule has 0 saturated carbocycles. The van der Waals surface area contributed by atoms with Gasteiger partial charge in [0.15, 0.2) is 0 Å². The first-order chi connectivity index (χ1) is 13.5. The van der Waals surface area contributed by atoms with Gasteiger partial charge in [-0.25, -0.2) is 8.42 Å². The summed E-state index contributed by atoms with van der Waals surface area (Å²) in [5.74, 6) is 0.272. The van der Waals surface area contributed by atoms with E-state index in [4.69, 9.17) is 10.5 Å². The Hall–Kier alpha value is -2.82. The SMILES string of the molecule is C.C.Cc1ccc(C(C)S(C)(=O)=NC#N)cn1.Cc1ccc(CS(C)(=O)=NC#N)cn1. The standard InChI is InChI=1S/C10H13N3OS.C9H11N3OS.2CH4/c1-8-4-5-10(6-12-8)9(2)15(3,14)13-7-11;1-8-3-4-9(5-11-8)6-14(2,13)12-7-10;;/h4-6,9H,1-3H3;3-5H,6H2,1-2H3;2*1H4. The van der Waals surface area contributed by atoms with Gasteiger partial charge in [0.05, 0.1) is 30.5 Å². The van der Waals surface area contributed by atoms with Gasteiger partial charge in [-0.15, -0.1) is 8.73 Å². The lowest BCUT2D eigenvalue weighted by Gasteiger charge is -2.12. The predicted molar refractivity (Wildman–Crippen MR) is 128 cm³/mol. The third-order valence-corrected chi connectivity index (χ3v) is 7.29. The predicted octanol–water partition coefficient (Wildman–Crippen LogP) is 4.77. The van der Waals surface area contributed by atoms with Crippen molar-refractivity contribution in [3.05, 3.63) is 59.2 Å². The van der Waals surface area contributed by atoms with E-state index in [-0.39, 0.29) is 25.9 Å². The van der Waals surface area contributed by atoms with Gasteiger partial charge in [-0.2, -0.15) is 10.5 Å². The van der Waals surface area contributed by atoms with Crippen LogP contribution >= 0.6 is 0 Å². The van der Waals surface area contributed by atoms with E-state index in [1.165, 1.54) is 12.5 Å². The van der Waals surface area contributed by atoms with Crippen LogP contribution in [0.3, 0.4) is 0 Å². The molecule has 0 spiro atoms. The van der Waals surface area contributed by atoms with Gasteiger partial charge in [-0.05, 0) is 44.0 Å². The summed E-state index contributed by atoms with van der Waals surface area (Å²) in [6.45, 7) is 5.56. The van der Waals surface area contributed by atoms with Crippen LogP contribution in [-0.4, -0.2) is 30.9 Å². The van der Waals surface area contributed by atoms with E-state index in [0.29, 0.717) is 0 Å². The van der Waals surface area contributed by atoms with Gasteiger partial charge in [-0.3, -0.25) is 9.97 Å². The van der Waals surface area contributed by atoms with Crippen molar-refractivity contribution in [3.8, 4) is 12.4 Å². The minimum Gasteiger partial charge on any atom is -0.261 e. The van der Waals surface area contributed by atoms with Gasteiger partial charge in [0.25, 0.3) is 0 Å². The number of aryl methyl sites for hydroxylation is 2. The molecule has 10 heteroatoms. The zero-order chi connectivity index (χ0) is 22.1. The van der Waals surface area contributed by atoms with E-state index in [9.17, 15) is 8.42 Å². The van der Waals surface area contributed by atoms with Crippen LogP contribution in [0.2, 0.25) is 0 Å². The fourth-order valence-electron chi connectivity index (χ4n) is 2.14. The monoisotopic (exact) mass is 464 g/mol. The normalized spacial score (nSPS) is 14.2. The fourth-order valence-corrected chi connectivity index (χ4v) is 4.14. The van der Waals surface area contributed by atoms with E-state index >= 15 is 0 Å². The highest BCUT2D eigenvalue weighted by atomic mass is 32.2. The van der Waals surface area contributed by atoms with Crippen LogP contribution in [0.4, 0.5) is 0 Å². The molecule has 0 N–H and O–H groups in total. The van der Waals surface area contributed by atoms with Crippen molar-refractivity contribution in [2.75, 3.05) is 12.5 Å². The minimum atomic E-state index is -2.50. The lowest BCUT2D eigenvalue weighted by atomic mass is 10.2. The molecule has 0 fully saturated rings. The quantitative estimate of drug-likeness (QED) is 0.598. The van der Waals surface area contributed by atoms with Gasteiger partial charge in [0.1, 0.15) is 0 Å². The average molecular weight is 465 g/mol. The summed E-state index contributed by atoms with van der Waals surface area (Å²) >= 11 is 0. The first-order valence-electron chi connectivity index (χ1n) is 8.52. The maximum absolute atomic E-state index is 12.0. The van der Waals surface area contributed by atoms with Crippen LogP contribution in [0.15, 0.2) is 45.4 Å². The topological polar surface area (TPSA) is 132 Å². The smallest absolute Gasteiger partial charge is 0.214 e. The number of hydrogen-bond acceptors (Lipinski definition) is 8. The molecule has 0 radical (unpaired) electrons. The summed E-state index contributed by atoms with van der Waals surface area (Å²) in [6, 6.07) is 7.41. The Balaban J connectivity index is 0. The van der Waals surface area contributed by atoms with Gasteiger partial charge in [-0.1, -0.05) is 27.0 Å².